The Kier molecular flexibility index (Phi) is 6.13. The first-order valence-electron chi connectivity index (χ1n) is 13.4. The third kappa shape index (κ3) is 3.73. The lowest BCUT2D eigenvalue weighted by atomic mass is 9.77. The van der Waals surface area contributed by atoms with Gasteiger partial charge in [-0.15, -0.1) is 0 Å². The van der Waals surface area contributed by atoms with E-state index in [2.05, 4.69) is 0 Å². The summed E-state index contributed by atoms with van der Waals surface area (Å²) >= 11 is 0. The minimum absolute atomic E-state index is 0.0898. The number of rotatable bonds is 6. The van der Waals surface area contributed by atoms with Crippen molar-refractivity contribution in [3.63, 3.8) is 0 Å². The summed E-state index contributed by atoms with van der Waals surface area (Å²) in [4.78, 5) is 38.7. The Morgan fingerprint density at radius 2 is 1.50 bits per heavy atom. The molecular weight excluding hydrogens is 508 g/mol. The predicted molar refractivity (Wildman–Crippen MR) is 152 cm³/mol. The summed E-state index contributed by atoms with van der Waals surface area (Å²) in [5.41, 5.74) is 4.72. The number of likely N-dealkylation sites (N-methyl/N-ethyl adjacent to an activating group) is 1. The Labute approximate surface area is 232 Å². The van der Waals surface area contributed by atoms with E-state index in [0.29, 0.717) is 13.1 Å². The Morgan fingerprint density at radius 3 is 2.05 bits per heavy atom. The zero-order valence-corrected chi connectivity index (χ0v) is 23.5. The van der Waals surface area contributed by atoms with Crippen LogP contribution in [-0.4, -0.2) is 56.4 Å². The number of Topliss-reactive ketones (excluding diaryl/α,β-unsaturated/α-hetero) is 1. The van der Waals surface area contributed by atoms with Crippen molar-refractivity contribution in [1.29, 1.82) is 0 Å². The van der Waals surface area contributed by atoms with Crippen molar-refractivity contribution in [3.8, 4) is 0 Å². The molecule has 0 atom stereocenters. The van der Waals surface area contributed by atoms with Crippen molar-refractivity contribution in [1.82, 2.24) is 0 Å². The molecule has 2 aromatic carbocycles. The average molecular weight is 542 g/mol. The van der Waals surface area contributed by atoms with E-state index < -0.39 is 22.8 Å². The van der Waals surface area contributed by atoms with Gasteiger partial charge in [0, 0.05) is 41.1 Å². The molecule has 0 unspecified atom stereocenters. The molecule has 2 heterocycles. The van der Waals surface area contributed by atoms with Gasteiger partial charge >= 0.3 is 11.9 Å². The highest BCUT2D eigenvalue weighted by atomic mass is 16.4. The molecular formula is C32H33N2O6+. The van der Waals surface area contributed by atoms with Gasteiger partial charge in [-0.3, -0.25) is 4.79 Å². The summed E-state index contributed by atoms with van der Waals surface area (Å²) in [5.74, 6) is -2.37. The Balaban J connectivity index is 1.57. The van der Waals surface area contributed by atoms with E-state index in [0.717, 1.165) is 33.9 Å². The molecule has 5 rings (SSSR count). The van der Waals surface area contributed by atoms with Crippen LogP contribution in [0.3, 0.4) is 0 Å². The third-order valence-corrected chi connectivity index (χ3v) is 8.47. The maximum absolute atomic E-state index is 13.5. The first-order valence-corrected chi connectivity index (χ1v) is 13.4. The number of carboxylic acids is 2. The molecule has 0 fully saturated rings. The standard InChI is InChI=1S/C32H32N2O6/c1-7-33-23-11-9-17(29(37)38)13-21(23)31(3,4)25(33)15-19-27(35)20(28(19)36)16-26-32(5,6)22-14-18(30(39)40)10-12-24(22)34(26)8-2/h9-16H,7-8H2,1-6H3,(H2-,35,36,37,38,39,40)/p+1. The summed E-state index contributed by atoms with van der Waals surface area (Å²) < 4.78 is 2.04. The highest BCUT2D eigenvalue weighted by molar-refractivity contribution is 6.24. The van der Waals surface area contributed by atoms with Crippen molar-refractivity contribution in [3.05, 3.63) is 93.4 Å². The Hall–Kier alpha value is -4.46. The normalized spacial score (nSPS) is 20.8. The summed E-state index contributed by atoms with van der Waals surface area (Å²) in [6, 6.07) is 10.1. The summed E-state index contributed by atoms with van der Waals surface area (Å²) in [6.07, 6.45) is 3.43. The third-order valence-electron chi connectivity index (χ3n) is 8.47. The topological polar surface area (TPSA) is 118 Å². The second kappa shape index (κ2) is 9.05. The monoisotopic (exact) mass is 541 g/mol. The molecule has 8 nitrogen and oxygen atoms in total. The van der Waals surface area contributed by atoms with Gasteiger partial charge in [0.1, 0.15) is 12.3 Å². The number of hydrogen-bond donors (Lipinski definition) is 3. The molecule has 0 radical (unpaired) electrons. The number of nitrogens with zero attached hydrogens (tertiary/aromatic N) is 2. The molecule has 3 N–H and O–H groups in total. The number of hydrogen-bond acceptors (Lipinski definition) is 5. The fourth-order valence-corrected chi connectivity index (χ4v) is 6.20. The fraction of sp³-hybridized carbons (Fsp3) is 0.312. The van der Waals surface area contributed by atoms with Crippen LogP contribution in [0.4, 0.5) is 11.4 Å². The van der Waals surface area contributed by atoms with Crippen LogP contribution in [0, 0.1) is 0 Å². The molecule has 2 aromatic rings. The first-order chi connectivity index (χ1) is 18.7. The van der Waals surface area contributed by atoms with Crippen LogP contribution in [0.2, 0.25) is 0 Å². The van der Waals surface area contributed by atoms with Crippen LogP contribution in [0.1, 0.15) is 73.4 Å². The number of anilines is 1. The second-order valence-corrected chi connectivity index (χ2v) is 11.4. The van der Waals surface area contributed by atoms with Gasteiger partial charge in [0.25, 0.3) is 0 Å². The summed E-state index contributed by atoms with van der Waals surface area (Å²) in [7, 11) is 0. The van der Waals surface area contributed by atoms with Gasteiger partial charge in [-0.05, 0) is 69.7 Å². The van der Waals surface area contributed by atoms with Gasteiger partial charge in [-0.2, -0.15) is 4.58 Å². The van der Waals surface area contributed by atoms with E-state index in [1.165, 1.54) is 0 Å². The largest absolute Gasteiger partial charge is 0.506 e. The lowest BCUT2D eigenvalue weighted by Crippen LogP contribution is -2.32. The van der Waals surface area contributed by atoms with Crippen molar-refractivity contribution < 1.29 is 34.3 Å². The maximum Gasteiger partial charge on any atom is 0.335 e. The van der Waals surface area contributed by atoms with Gasteiger partial charge in [0.05, 0.1) is 27.7 Å². The minimum atomic E-state index is -1.00. The lowest BCUT2D eigenvalue weighted by molar-refractivity contribution is -0.433. The zero-order valence-electron chi connectivity index (χ0n) is 23.5. The van der Waals surface area contributed by atoms with Crippen molar-refractivity contribution >= 4 is 34.8 Å². The number of benzene rings is 2. The maximum atomic E-state index is 13.5. The number of carbonyl (C=O) groups excluding carboxylic acids is 1. The Morgan fingerprint density at radius 1 is 0.900 bits per heavy atom. The van der Waals surface area contributed by atoms with Crippen LogP contribution < -0.4 is 4.90 Å². The lowest BCUT2D eigenvalue weighted by Gasteiger charge is -2.28. The number of carboxylic acid groups (broad SMARTS) is 2. The van der Waals surface area contributed by atoms with Crippen molar-refractivity contribution in [2.75, 3.05) is 18.0 Å². The molecule has 0 aromatic heterocycles. The van der Waals surface area contributed by atoms with E-state index in [1.807, 2.05) is 51.0 Å². The van der Waals surface area contributed by atoms with Crippen molar-refractivity contribution in [2.24, 2.45) is 0 Å². The van der Waals surface area contributed by atoms with Gasteiger partial charge in [0.2, 0.25) is 11.5 Å². The molecule has 0 saturated carbocycles. The second-order valence-electron chi connectivity index (χ2n) is 11.4. The van der Waals surface area contributed by atoms with Gasteiger partial charge < -0.3 is 20.2 Å². The molecule has 0 bridgehead atoms. The van der Waals surface area contributed by atoms with E-state index in [1.54, 1.807) is 48.6 Å². The molecule has 0 saturated heterocycles. The average Bonchev–Trinajstić information content (AvgIpc) is 3.26. The van der Waals surface area contributed by atoms with E-state index in [9.17, 15) is 29.7 Å². The van der Waals surface area contributed by atoms with E-state index >= 15 is 0 Å². The molecule has 2 aliphatic heterocycles. The quantitative estimate of drug-likeness (QED) is 0.326. The predicted octanol–water partition coefficient (Wildman–Crippen LogP) is 5.50. The molecule has 0 amide bonds. The number of ketones is 1. The SMILES string of the molecule is CCN1/C(=C\C2=C(O)C(=C\C3=[N+](CC)c4ccc(C(=O)O)cc4C3(C)C)/C2=O)C(C)(C)c2cc(C(=O)O)ccc21. The molecule has 1 aliphatic carbocycles. The molecule has 206 valence electrons. The Bertz CT molecular complexity index is 1650. The molecule has 3 aliphatic rings. The zero-order chi connectivity index (χ0) is 29.3. The number of carbonyl (C=O) groups is 3. The number of aromatic carboxylic acids is 2. The van der Waals surface area contributed by atoms with Crippen LogP contribution in [0.25, 0.3) is 0 Å². The van der Waals surface area contributed by atoms with Gasteiger partial charge in [-0.1, -0.05) is 13.8 Å². The summed E-state index contributed by atoms with van der Waals surface area (Å²) in [6.45, 7) is 13.1. The van der Waals surface area contributed by atoms with E-state index in [-0.39, 0.29) is 33.8 Å². The number of aliphatic hydroxyl groups excluding tert-OH is 1. The first kappa shape index (κ1) is 27.1. The molecule has 40 heavy (non-hydrogen) atoms. The van der Waals surface area contributed by atoms with Crippen molar-refractivity contribution in [2.45, 2.75) is 52.4 Å². The fourth-order valence-electron chi connectivity index (χ4n) is 6.20. The van der Waals surface area contributed by atoms with Crippen LogP contribution in [-0.2, 0) is 15.6 Å². The number of allylic oxidation sites excluding steroid dienone is 5. The number of fused-ring (bicyclic) bond motifs is 2. The highest BCUT2D eigenvalue weighted by Crippen LogP contribution is 2.49. The summed E-state index contributed by atoms with van der Waals surface area (Å²) in [5, 5.41) is 30.1. The smallest absolute Gasteiger partial charge is 0.335 e. The van der Waals surface area contributed by atoms with Crippen LogP contribution in [0.15, 0.2) is 71.2 Å². The number of aliphatic hydroxyl groups is 1. The highest BCUT2D eigenvalue weighted by Gasteiger charge is 2.47. The van der Waals surface area contributed by atoms with Gasteiger partial charge in [-0.25, -0.2) is 9.59 Å². The van der Waals surface area contributed by atoms with Crippen LogP contribution >= 0.6 is 0 Å². The molecule has 8 heteroatoms. The van der Waals surface area contributed by atoms with E-state index in [4.69, 9.17) is 0 Å². The molecule has 0 spiro atoms. The van der Waals surface area contributed by atoms with Crippen LogP contribution in [0.5, 0.6) is 0 Å². The van der Waals surface area contributed by atoms with Gasteiger partial charge in [0.15, 0.2) is 5.71 Å². The minimum Gasteiger partial charge on any atom is -0.506 e.